The second-order valence-corrected chi connectivity index (χ2v) is 6.23. The molecule has 0 saturated carbocycles. The summed E-state index contributed by atoms with van der Waals surface area (Å²) in [5.41, 5.74) is 2.17. The van der Waals surface area contributed by atoms with Crippen LogP contribution in [0.3, 0.4) is 0 Å². The lowest BCUT2D eigenvalue weighted by Crippen LogP contribution is -2.35. The maximum absolute atomic E-state index is 11.6. The van der Waals surface area contributed by atoms with Gasteiger partial charge in [0.15, 0.2) is 0 Å². The Balaban J connectivity index is 1.55. The van der Waals surface area contributed by atoms with E-state index in [0.29, 0.717) is 6.54 Å². The molecule has 0 spiro atoms. The van der Waals surface area contributed by atoms with E-state index in [9.17, 15) is 4.79 Å². The summed E-state index contributed by atoms with van der Waals surface area (Å²) < 4.78 is 11.6. The molecule has 1 amide bonds. The molecule has 2 N–H and O–H groups in total. The standard InChI is InChI=1S/C20H24N2O3/c1-14-12-16(13-22-18-10-11-21-20(18)23)8-9-19(14)25-15(2)24-17-6-4-3-5-7-17/h3-9,12,15,18,22H,10-11,13H2,1-2H3,(H,21,23). The molecule has 1 fully saturated rings. The van der Waals surface area contributed by atoms with Crippen LogP contribution in [0.25, 0.3) is 0 Å². The van der Waals surface area contributed by atoms with Crippen molar-refractivity contribution in [1.29, 1.82) is 0 Å². The van der Waals surface area contributed by atoms with E-state index in [1.165, 1.54) is 0 Å². The van der Waals surface area contributed by atoms with Crippen molar-refractivity contribution in [2.75, 3.05) is 6.54 Å². The zero-order chi connectivity index (χ0) is 17.6. The Morgan fingerprint density at radius 2 is 2.00 bits per heavy atom. The molecule has 0 aliphatic carbocycles. The Hall–Kier alpha value is -2.53. The van der Waals surface area contributed by atoms with Crippen LogP contribution in [0.2, 0.25) is 0 Å². The molecule has 0 aromatic heterocycles. The van der Waals surface area contributed by atoms with Gasteiger partial charge in [0, 0.05) is 20.0 Å². The van der Waals surface area contributed by atoms with Gasteiger partial charge in [0.05, 0.1) is 6.04 Å². The third kappa shape index (κ3) is 4.73. The maximum atomic E-state index is 11.6. The third-order valence-corrected chi connectivity index (χ3v) is 4.18. The molecule has 132 valence electrons. The van der Waals surface area contributed by atoms with E-state index in [1.807, 2.05) is 56.3 Å². The molecule has 2 aromatic carbocycles. The third-order valence-electron chi connectivity index (χ3n) is 4.18. The SMILES string of the molecule is Cc1cc(CNC2CCNC2=O)ccc1OC(C)Oc1ccccc1. The first-order valence-electron chi connectivity index (χ1n) is 8.61. The molecular weight excluding hydrogens is 316 g/mol. The van der Waals surface area contributed by atoms with Crippen LogP contribution >= 0.6 is 0 Å². The van der Waals surface area contributed by atoms with Gasteiger partial charge in [0.2, 0.25) is 12.2 Å². The van der Waals surface area contributed by atoms with Crippen molar-refractivity contribution in [2.24, 2.45) is 0 Å². The van der Waals surface area contributed by atoms with Crippen molar-refractivity contribution in [3.8, 4) is 11.5 Å². The Kier molecular flexibility index (Phi) is 5.56. The largest absolute Gasteiger partial charge is 0.455 e. The fourth-order valence-corrected chi connectivity index (χ4v) is 2.88. The average molecular weight is 340 g/mol. The van der Waals surface area contributed by atoms with Crippen LogP contribution < -0.4 is 20.1 Å². The predicted molar refractivity (Wildman–Crippen MR) is 96.6 cm³/mol. The van der Waals surface area contributed by atoms with Crippen LogP contribution in [0.15, 0.2) is 48.5 Å². The molecule has 1 saturated heterocycles. The van der Waals surface area contributed by atoms with Gasteiger partial charge in [-0.1, -0.05) is 30.3 Å². The van der Waals surface area contributed by atoms with E-state index in [0.717, 1.165) is 35.6 Å². The number of nitrogens with one attached hydrogen (secondary N) is 2. The van der Waals surface area contributed by atoms with E-state index in [4.69, 9.17) is 9.47 Å². The predicted octanol–water partition coefficient (Wildman–Crippen LogP) is 2.78. The number of aryl methyl sites for hydroxylation is 1. The first kappa shape index (κ1) is 17.3. The first-order valence-corrected chi connectivity index (χ1v) is 8.61. The Bertz CT molecular complexity index is 718. The minimum Gasteiger partial charge on any atom is -0.455 e. The summed E-state index contributed by atoms with van der Waals surface area (Å²) in [6.07, 6.45) is 0.458. The molecule has 0 bridgehead atoms. The van der Waals surface area contributed by atoms with Gasteiger partial charge in [-0.25, -0.2) is 0 Å². The normalized spacial score (nSPS) is 17.8. The van der Waals surface area contributed by atoms with Crippen molar-refractivity contribution in [3.05, 3.63) is 59.7 Å². The van der Waals surface area contributed by atoms with Gasteiger partial charge in [-0.3, -0.25) is 4.79 Å². The molecular formula is C20H24N2O3. The molecule has 0 radical (unpaired) electrons. The summed E-state index contributed by atoms with van der Waals surface area (Å²) in [5, 5.41) is 6.12. The fourth-order valence-electron chi connectivity index (χ4n) is 2.88. The molecule has 2 aromatic rings. The summed E-state index contributed by atoms with van der Waals surface area (Å²) >= 11 is 0. The molecule has 3 rings (SSSR count). The number of hydrogen-bond acceptors (Lipinski definition) is 4. The minimum absolute atomic E-state index is 0.0866. The lowest BCUT2D eigenvalue weighted by Gasteiger charge is -2.18. The van der Waals surface area contributed by atoms with E-state index in [2.05, 4.69) is 16.7 Å². The summed E-state index contributed by atoms with van der Waals surface area (Å²) in [7, 11) is 0. The van der Waals surface area contributed by atoms with Crippen molar-refractivity contribution in [3.63, 3.8) is 0 Å². The minimum atomic E-state index is -0.382. The van der Waals surface area contributed by atoms with Gasteiger partial charge in [0.25, 0.3) is 0 Å². The molecule has 25 heavy (non-hydrogen) atoms. The fraction of sp³-hybridized carbons (Fsp3) is 0.350. The summed E-state index contributed by atoms with van der Waals surface area (Å²) in [6, 6.07) is 15.6. The highest BCUT2D eigenvalue weighted by Crippen LogP contribution is 2.22. The first-order chi connectivity index (χ1) is 12.1. The van der Waals surface area contributed by atoms with Crippen molar-refractivity contribution in [1.82, 2.24) is 10.6 Å². The molecule has 2 atom stereocenters. The number of amides is 1. The van der Waals surface area contributed by atoms with Crippen LogP contribution in [0.4, 0.5) is 0 Å². The van der Waals surface area contributed by atoms with Gasteiger partial charge in [0.1, 0.15) is 11.5 Å². The Morgan fingerprint density at radius 3 is 2.68 bits per heavy atom. The number of hydrogen-bond donors (Lipinski definition) is 2. The van der Waals surface area contributed by atoms with Crippen molar-refractivity contribution in [2.45, 2.75) is 39.1 Å². The van der Waals surface area contributed by atoms with E-state index >= 15 is 0 Å². The van der Waals surface area contributed by atoms with Gasteiger partial charge in [-0.05, 0) is 42.7 Å². The average Bonchev–Trinajstić information content (AvgIpc) is 3.01. The molecule has 5 nitrogen and oxygen atoms in total. The lowest BCUT2D eigenvalue weighted by atomic mass is 10.1. The highest BCUT2D eigenvalue weighted by molar-refractivity contribution is 5.83. The number of rotatable bonds is 7. The Labute approximate surface area is 148 Å². The number of benzene rings is 2. The summed E-state index contributed by atoms with van der Waals surface area (Å²) in [5.74, 6) is 1.66. The lowest BCUT2D eigenvalue weighted by molar-refractivity contribution is -0.120. The zero-order valence-electron chi connectivity index (χ0n) is 14.6. The number of ether oxygens (including phenoxy) is 2. The van der Waals surface area contributed by atoms with Gasteiger partial charge < -0.3 is 20.1 Å². The quantitative estimate of drug-likeness (QED) is 0.761. The molecule has 1 heterocycles. The van der Waals surface area contributed by atoms with Crippen molar-refractivity contribution >= 4 is 5.91 Å². The van der Waals surface area contributed by atoms with Crippen LogP contribution in [0.5, 0.6) is 11.5 Å². The van der Waals surface area contributed by atoms with Crippen LogP contribution in [0.1, 0.15) is 24.5 Å². The number of para-hydroxylation sites is 1. The number of carbonyl (C=O) groups is 1. The van der Waals surface area contributed by atoms with Crippen LogP contribution in [-0.4, -0.2) is 24.8 Å². The maximum Gasteiger partial charge on any atom is 0.238 e. The molecule has 5 heteroatoms. The van der Waals surface area contributed by atoms with Crippen LogP contribution in [0, 0.1) is 6.92 Å². The molecule has 2 unspecified atom stereocenters. The highest BCUT2D eigenvalue weighted by Gasteiger charge is 2.23. The second kappa shape index (κ2) is 8.03. The van der Waals surface area contributed by atoms with Crippen molar-refractivity contribution < 1.29 is 14.3 Å². The van der Waals surface area contributed by atoms with E-state index in [1.54, 1.807) is 0 Å². The van der Waals surface area contributed by atoms with Gasteiger partial charge in [-0.2, -0.15) is 0 Å². The van der Waals surface area contributed by atoms with Gasteiger partial charge in [-0.15, -0.1) is 0 Å². The zero-order valence-corrected chi connectivity index (χ0v) is 14.6. The van der Waals surface area contributed by atoms with Crippen LogP contribution in [-0.2, 0) is 11.3 Å². The second-order valence-electron chi connectivity index (χ2n) is 6.23. The highest BCUT2D eigenvalue weighted by atomic mass is 16.7. The molecule has 1 aliphatic heterocycles. The topological polar surface area (TPSA) is 59.6 Å². The number of carbonyl (C=O) groups excluding carboxylic acids is 1. The monoisotopic (exact) mass is 340 g/mol. The summed E-state index contributed by atoms with van der Waals surface area (Å²) in [6.45, 7) is 5.30. The van der Waals surface area contributed by atoms with Gasteiger partial charge >= 0.3 is 0 Å². The molecule has 1 aliphatic rings. The summed E-state index contributed by atoms with van der Waals surface area (Å²) in [4.78, 5) is 11.6. The Morgan fingerprint density at radius 1 is 1.20 bits per heavy atom. The van der Waals surface area contributed by atoms with E-state index < -0.39 is 0 Å². The smallest absolute Gasteiger partial charge is 0.238 e. The van der Waals surface area contributed by atoms with E-state index in [-0.39, 0.29) is 18.2 Å².